The fourth-order valence-corrected chi connectivity index (χ4v) is 4.45. The van der Waals surface area contributed by atoms with Crippen LogP contribution in [0.4, 0.5) is 5.69 Å². The molecule has 1 fully saturated rings. The molecule has 0 heterocycles. The summed E-state index contributed by atoms with van der Waals surface area (Å²) in [5.74, 6) is 1.54. The van der Waals surface area contributed by atoms with Crippen molar-refractivity contribution < 1.29 is 4.79 Å². The summed E-state index contributed by atoms with van der Waals surface area (Å²) in [7, 11) is 0. The highest BCUT2D eigenvalue weighted by Crippen LogP contribution is 2.52. The van der Waals surface area contributed by atoms with Crippen LogP contribution in [0.1, 0.15) is 55.2 Å². The molecule has 2 aliphatic rings. The summed E-state index contributed by atoms with van der Waals surface area (Å²) < 4.78 is 0. The Morgan fingerprint density at radius 3 is 1.84 bits per heavy atom. The molecule has 0 bridgehead atoms. The highest BCUT2D eigenvalue weighted by atomic mass is 16.2. The van der Waals surface area contributed by atoms with E-state index in [1.165, 1.54) is 5.56 Å². The minimum atomic E-state index is 0.197. The van der Waals surface area contributed by atoms with Gasteiger partial charge in [-0.2, -0.15) is 0 Å². The summed E-state index contributed by atoms with van der Waals surface area (Å²) in [6.07, 6.45) is 16.0. The predicted molar refractivity (Wildman–Crippen MR) is 106 cm³/mol. The van der Waals surface area contributed by atoms with Gasteiger partial charge in [0.25, 0.3) is 0 Å². The molecule has 1 aromatic rings. The fourth-order valence-electron chi connectivity index (χ4n) is 4.45. The molecule has 0 aromatic heterocycles. The maximum atomic E-state index is 12.9. The van der Waals surface area contributed by atoms with E-state index in [1.54, 1.807) is 0 Å². The van der Waals surface area contributed by atoms with Gasteiger partial charge in [0.05, 0.1) is 0 Å². The number of benzene rings is 1. The molecule has 3 rings (SSSR count). The van der Waals surface area contributed by atoms with E-state index >= 15 is 0 Å². The Kier molecular flexibility index (Phi) is 5.78. The zero-order valence-electron chi connectivity index (χ0n) is 15.8. The van der Waals surface area contributed by atoms with Gasteiger partial charge in [0.1, 0.15) is 0 Å². The Morgan fingerprint density at radius 2 is 1.32 bits per heavy atom. The molecular weight excluding hydrogens is 306 g/mol. The zero-order chi connectivity index (χ0) is 17.8. The number of carbonyl (C=O) groups is 1. The van der Waals surface area contributed by atoms with Gasteiger partial charge in [-0.1, -0.05) is 42.0 Å². The molecule has 1 amide bonds. The Morgan fingerprint density at radius 1 is 0.840 bits per heavy atom. The van der Waals surface area contributed by atoms with Crippen molar-refractivity contribution in [3.63, 3.8) is 0 Å². The van der Waals surface area contributed by atoms with E-state index in [4.69, 9.17) is 0 Å². The lowest BCUT2D eigenvalue weighted by Crippen LogP contribution is -2.17. The number of allylic oxidation sites excluding steroid dienone is 4. The first-order valence-corrected chi connectivity index (χ1v) is 9.76. The van der Waals surface area contributed by atoms with Gasteiger partial charge in [-0.05, 0) is 82.3 Å². The first kappa shape index (κ1) is 18.0. The second-order valence-electron chi connectivity index (χ2n) is 7.79. The predicted octanol–water partition coefficient (Wildman–Crippen LogP) is 5.88. The van der Waals surface area contributed by atoms with Crippen LogP contribution in [0.2, 0.25) is 0 Å². The monoisotopic (exact) mass is 337 g/mol. The number of fused-ring (bicyclic) bond motifs is 1. The smallest absolute Gasteiger partial charge is 0.228 e. The third-order valence-electron chi connectivity index (χ3n) is 5.73. The highest BCUT2D eigenvalue weighted by molar-refractivity contribution is 5.96. The summed E-state index contributed by atoms with van der Waals surface area (Å²) in [5, 5.41) is 3.25. The first-order chi connectivity index (χ1) is 12.1. The number of rotatable bonds is 2. The average Bonchev–Trinajstić information content (AvgIpc) is 3.23. The summed E-state index contributed by atoms with van der Waals surface area (Å²) in [6, 6.07) is 4.30. The van der Waals surface area contributed by atoms with Crippen molar-refractivity contribution in [3.05, 3.63) is 53.1 Å². The molecule has 0 saturated heterocycles. The Balaban J connectivity index is 1.68. The molecule has 0 aliphatic heterocycles. The Bertz CT molecular complexity index is 638. The van der Waals surface area contributed by atoms with Gasteiger partial charge in [0, 0.05) is 11.6 Å². The van der Waals surface area contributed by atoms with Crippen molar-refractivity contribution in [2.24, 2.45) is 17.8 Å². The minimum Gasteiger partial charge on any atom is -0.325 e. The summed E-state index contributed by atoms with van der Waals surface area (Å²) in [5.41, 5.74) is 4.59. The number of nitrogens with one attached hydrogen (secondary N) is 1. The third kappa shape index (κ3) is 4.42. The SMILES string of the molecule is Cc1cc(C)c(NC(=O)C2[C@H]3CC/C=C\CC/C=C/CC[C@@H]23)c(C)c1. The molecule has 0 spiro atoms. The number of hydrogen-bond donors (Lipinski definition) is 1. The second-order valence-corrected chi connectivity index (χ2v) is 7.79. The molecule has 25 heavy (non-hydrogen) atoms. The highest BCUT2D eigenvalue weighted by Gasteiger charge is 2.52. The number of carbonyl (C=O) groups excluding carboxylic acids is 1. The van der Waals surface area contributed by atoms with Crippen molar-refractivity contribution in [1.29, 1.82) is 0 Å². The van der Waals surface area contributed by atoms with E-state index in [-0.39, 0.29) is 11.8 Å². The van der Waals surface area contributed by atoms with Crippen LogP contribution < -0.4 is 5.32 Å². The Labute approximate surface area is 152 Å². The normalized spacial score (nSPS) is 28.8. The molecule has 134 valence electrons. The fraction of sp³-hybridized carbons (Fsp3) is 0.522. The van der Waals surface area contributed by atoms with E-state index in [2.05, 4.69) is 62.5 Å². The van der Waals surface area contributed by atoms with E-state index in [0.717, 1.165) is 55.3 Å². The molecule has 3 atom stereocenters. The molecule has 1 unspecified atom stereocenters. The van der Waals surface area contributed by atoms with Gasteiger partial charge in [0.2, 0.25) is 5.91 Å². The number of hydrogen-bond acceptors (Lipinski definition) is 1. The maximum absolute atomic E-state index is 12.9. The van der Waals surface area contributed by atoms with Crippen LogP contribution in [-0.4, -0.2) is 5.91 Å². The number of amides is 1. The van der Waals surface area contributed by atoms with Crippen molar-refractivity contribution in [2.45, 2.75) is 59.3 Å². The second kappa shape index (κ2) is 8.03. The molecule has 1 aromatic carbocycles. The molecular formula is C23H31NO. The number of anilines is 1. The van der Waals surface area contributed by atoms with Gasteiger partial charge < -0.3 is 5.32 Å². The van der Waals surface area contributed by atoms with Gasteiger partial charge in [-0.3, -0.25) is 4.79 Å². The molecule has 1 saturated carbocycles. The lowest BCUT2D eigenvalue weighted by Gasteiger charge is -2.13. The van der Waals surface area contributed by atoms with Crippen LogP contribution in [-0.2, 0) is 4.79 Å². The summed E-state index contributed by atoms with van der Waals surface area (Å²) in [4.78, 5) is 12.9. The standard InChI is InChI=1S/C23H31NO/c1-16-14-17(2)22(18(3)15-16)24-23(25)21-19-12-10-8-6-4-5-7-9-11-13-20(19)21/h6-9,14-15,19-21H,4-5,10-13H2,1-3H3,(H,24,25)/b8-6-,9-7+/t19-,20+,21?/m0/s1. The van der Waals surface area contributed by atoms with Gasteiger partial charge in [0.15, 0.2) is 0 Å². The largest absolute Gasteiger partial charge is 0.325 e. The minimum absolute atomic E-state index is 0.197. The van der Waals surface area contributed by atoms with Crippen molar-refractivity contribution >= 4 is 11.6 Å². The van der Waals surface area contributed by atoms with E-state index in [9.17, 15) is 4.79 Å². The first-order valence-electron chi connectivity index (χ1n) is 9.76. The summed E-state index contributed by atoms with van der Waals surface area (Å²) >= 11 is 0. The quantitative estimate of drug-likeness (QED) is 0.671. The van der Waals surface area contributed by atoms with Crippen LogP contribution in [0.3, 0.4) is 0 Å². The van der Waals surface area contributed by atoms with Gasteiger partial charge in [-0.15, -0.1) is 0 Å². The summed E-state index contributed by atoms with van der Waals surface area (Å²) in [6.45, 7) is 6.28. The van der Waals surface area contributed by atoms with Crippen molar-refractivity contribution in [2.75, 3.05) is 5.32 Å². The van der Waals surface area contributed by atoms with Crippen molar-refractivity contribution in [3.8, 4) is 0 Å². The van der Waals surface area contributed by atoms with Crippen LogP contribution in [0.5, 0.6) is 0 Å². The van der Waals surface area contributed by atoms with Crippen LogP contribution in [0.15, 0.2) is 36.4 Å². The lowest BCUT2D eigenvalue weighted by molar-refractivity contribution is -0.117. The average molecular weight is 338 g/mol. The third-order valence-corrected chi connectivity index (χ3v) is 5.73. The van der Waals surface area contributed by atoms with Crippen LogP contribution in [0.25, 0.3) is 0 Å². The topological polar surface area (TPSA) is 29.1 Å². The Hall–Kier alpha value is -1.83. The zero-order valence-corrected chi connectivity index (χ0v) is 15.8. The molecule has 2 nitrogen and oxygen atoms in total. The van der Waals surface area contributed by atoms with Crippen LogP contribution >= 0.6 is 0 Å². The molecule has 2 heteroatoms. The van der Waals surface area contributed by atoms with E-state index in [0.29, 0.717) is 11.8 Å². The van der Waals surface area contributed by atoms with Crippen molar-refractivity contribution in [1.82, 2.24) is 0 Å². The van der Waals surface area contributed by atoms with Gasteiger partial charge >= 0.3 is 0 Å². The molecule has 0 radical (unpaired) electrons. The number of aryl methyl sites for hydroxylation is 3. The van der Waals surface area contributed by atoms with E-state index < -0.39 is 0 Å². The molecule has 2 aliphatic carbocycles. The lowest BCUT2D eigenvalue weighted by atomic mass is 10.0. The maximum Gasteiger partial charge on any atom is 0.228 e. The van der Waals surface area contributed by atoms with Gasteiger partial charge in [-0.25, -0.2) is 0 Å². The van der Waals surface area contributed by atoms with Crippen LogP contribution in [0, 0.1) is 38.5 Å². The van der Waals surface area contributed by atoms with E-state index in [1.807, 2.05) is 0 Å². The molecule has 1 N–H and O–H groups in total.